The number of rotatable bonds is 7. The molecular formula is C15H27ClN2. The zero-order valence-corrected chi connectivity index (χ0v) is 13.0. The molecule has 0 aromatic carbocycles. The Hall–Kier alpha value is -0.630. The van der Waals surface area contributed by atoms with Gasteiger partial charge in [0.25, 0.3) is 0 Å². The fraction of sp³-hybridized carbons (Fsp3) is 0.733. The van der Waals surface area contributed by atoms with Crippen LogP contribution in [0.5, 0.6) is 0 Å². The summed E-state index contributed by atoms with van der Waals surface area (Å²) in [6.07, 6.45) is 9.36. The molecule has 0 fully saturated rings. The van der Waals surface area contributed by atoms with Gasteiger partial charge < -0.3 is 9.80 Å². The van der Waals surface area contributed by atoms with Gasteiger partial charge in [0.15, 0.2) is 0 Å². The minimum atomic E-state index is 0.774. The Morgan fingerprint density at radius 2 is 2.11 bits per heavy atom. The van der Waals surface area contributed by atoms with Crippen LogP contribution < -0.4 is 0 Å². The van der Waals surface area contributed by atoms with E-state index in [0.717, 1.165) is 29.9 Å². The summed E-state index contributed by atoms with van der Waals surface area (Å²) in [5.41, 5.74) is 0. The molecule has 0 aromatic heterocycles. The Labute approximate surface area is 117 Å². The lowest BCUT2D eigenvalue weighted by Crippen LogP contribution is -2.37. The van der Waals surface area contributed by atoms with Crippen LogP contribution in [0, 0.1) is 5.92 Å². The van der Waals surface area contributed by atoms with Crippen molar-refractivity contribution in [3.8, 4) is 0 Å². The van der Waals surface area contributed by atoms with E-state index in [9.17, 15) is 0 Å². The van der Waals surface area contributed by atoms with Crippen molar-refractivity contribution in [2.45, 2.75) is 39.5 Å². The van der Waals surface area contributed by atoms with Gasteiger partial charge in [0.2, 0.25) is 0 Å². The Bertz CT molecular complexity index is 308. The minimum Gasteiger partial charge on any atom is -0.363 e. The van der Waals surface area contributed by atoms with Gasteiger partial charge in [0.05, 0.1) is 5.03 Å². The number of halogens is 1. The Balaban J connectivity index is 2.67. The third kappa shape index (κ3) is 4.24. The highest BCUT2D eigenvalue weighted by atomic mass is 35.5. The molecule has 0 radical (unpaired) electrons. The zero-order chi connectivity index (χ0) is 13.5. The van der Waals surface area contributed by atoms with Gasteiger partial charge in [-0.15, -0.1) is 0 Å². The third-order valence-electron chi connectivity index (χ3n) is 3.55. The number of hydrogen-bond donors (Lipinski definition) is 0. The summed E-state index contributed by atoms with van der Waals surface area (Å²) >= 11 is 6.31. The van der Waals surface area contributed by atoms with E-state index >= 15 is 0 Å². The number of unbranched alkanes of at least 4 members (excludes halogenated alkanes) is 1. The van der Waals surface area contributed by atoms with Gasteiger partial charge in [-0.3, -0.25) is 0 Å². The number of nitrogens with zero attached hydrogens (tertiary/aromatic N) is 2. The molecule has 0 saturated carbocycles. The molecule has 1 atom stereocenters. The predicted octanol–water partition coefficient (Wildman–Crippen LogP) is 4.04. The Morgan fingerprint density at radius 1 is 1.39 bits per heavy atom. The van der Waals surface area contributed by atoms with Crippen LogP contribution in [0.2, 0.25) is 0 Å². The van der Waals surface area contributed by atoms with Gasteiger partial charge in [-0.2, -0.15) is 0 Å². The molecule has 0 bridgehead atoms. The van der Waals surface area contributed by atoms with Gasteiger partial charge in [0.1, 0.15) is 5.82 Å². The second-order valence-electron chi connectivity index (χ2n) is 5.29. The van der Waals surface area contributed by atoms with Crippen molar-refractivity contribution in [1.29, 1.82) is 0 Å². The SMILES string of the molecule is CCCCC(CC)CN1CC=CC(Cl)=C1N(C)C. The van der Waals surface area contributed by atoms with Crippen molar-refractivity contribution in [3.05, 3.63) is 23.0 Å². The first-order chi connectivity index (χ1) is 8.60. The zero-order valence-electron chi connectivity index (χ0n) is 12.2. The molecule has 1 rings (SSSR count). The van der Waals surface area contributed by atoms with Crippen molar-refractivity contribution >= 4 is 11.6 Å². The third-order valence-corrected chi connectivity index (χ3v) is 3.84. The van der Waals surface area contributed by atoms with Crippen LogP contribution in [0.4, 0.5) is 0 Å². The monoisotopic (exact) mass is 270 g/mol. The van der Waals surface area contributed by atoms with E-state index in [4.69, 9.17) is 11.6 Å². The summed E-state index contributed by atoms with van der Waals surface area (Å²) in [7, 11) is 4.13. The molecule has 1 heterocycles. The molecule has 0 spiro atoms. The summed E-state index contributed by atoms with van der Waals surface area (Å²) in [4.78, 5) is 4.53. The fourth-order valence-corrected chi connectivity index (χ4v) is 2.86. The van der Waals surface area contributed by atoms with Gasteiger partial charge in [-0.25, -0.2) is 0 Å². The topological polar surface area (TPSA) is 6.48 Å². The van der Waals surface area contributed by atoms with Crippen molar-refractivity contribution in [2.24, 2.45) is 5.92 Å². The highest BCUT2D eigenvalue weighted by Gasteiger charge is 2.20. The first-order valence-electron chi connectivity index (χ1n) is 7.08. The first-order valence-corrected chi connectivity index (χ1v) is 7.46. The van der Waals surface area contributed by atoms with E-state index in [1.165, 1.54) is 25.7 Å². The minimum absolute atomic E-state index is 0.774. The summed E-state index contributed by atoms with van der Waals surface area (Å²) in [6.45, 7) is 6.65. The van der Waals surface area contributed by atoms with E-state index in [1.807, 2.05) is 6.08 Å². The van der Waals surface area contributed by atoms with Crippen molar-refractivity contribution in [3.63, 3.8) is 0 Å². The molecule has 2 nitrogen and oxygen atoms in total. The van der Waals surface area contributed by atoms with E-state index in [1.54, 1.807) is 0 Å². The molecule has 1 aliphatic rings. The van der Waals surface area contributed by atoms with Crippen molar-refractivity contribution < 1.29 is 0 Å². The van der Waals surface area contributed by atoms with Crippen LogP contribution in [0.25, 0.3) is 0 Å². The summed E-state index contributed by atoms with van der Waals surface area (Å²) in [5, 5.41) is 0.858. The van der Waals surface area contributed by atoms with Crippen LogP contribution in [0.15, 0.2) is 23.0 Å². The molecule has 18 heavy (non-hydrogen) atoms. The van der Waals surface area contributed by atoms with E-state index < -0.39 is 0 Å². The largest absolute Gasteiger partial charge is 0.363 e. The van der Waals surface area contributed by atoms with Gasteiger partial charge in [0, 0.05) is 27.2 Å². The van der Waals surface area contributed by atoms with Crippen LogP contribution in [0.3, 0.4) is 0 Å². The molecule has 1 unspecified atom stereocenters. The Morgan fingerprint density at radius 3 is 2.67 bits per heavy atom. The summed E-state index contributed by atoms with van der Waals surface area (Å²) in [6, 6.07) is 0. The molecule has 0 aromatic rings. The molecule has 0 aliphatic carbocycles. The normalized spacial score (nSPS) is 17.3. The molecule has 104 valence electrons. The molecule has 3 heteroatoms. The van der Waals surface area contributed by atoms with Crippen LogP contribution in [0.1, 0.15) is 39.5 Å². The fourth-order valence-electron chi connectivity index (χ4n) is 2.48. The number of hydrogen-bond acceptors (Lipinski definition) is 2. The average molecular weight is 271 g/mol. The van der Waals surface area contributed by atoms with E-state index in [2.05, 4.69) is 43.8 Å². The van der Waals surface area contributed by atoms with Crippen LogP contribution in [-0.2, 0) is 0 Å². The lowest BCUT2D eigenvalue weighted by atomic mass is 9.98. The van der Waals surface area contributed by atoms with E-state index in [-0.39, 0.29) is 0 Å². The quantitative estimate of drug-likeness (QED) is 0.689. The molecule has 1 aliphatic heterocycles. The number of allylic oxidation sites excluding steroid dienone is 2. The second kappa shape index (κ2) is 7.73. The molecular weight excluding hydrogens is 244 g/mol. The standard InChI is InChI=1S/C15H27ClN2/c1-5-7-9-13(6-2)12-18-11-8-10-14(16)15(18)17(3)4/h8,10,13H,5-7,9,11-12H2,1-4H3. The lowest BCUT2D eigenvalue weighted by Gasteiger charge is -2.36. The smallest absolute Gasteiger partial charge is 0.123 e. The highest BCUT2D eigenvalue weighted by molar-refractivity contribution is 6.31. The van der Waals surface area contributed by atoms with Crippen molar-refractivity contribution in [2.75, 3.05) is 27.2 Å². The Kier molecular flexibility index (Phi) is 6.62. The van der Waals surface area contributed by atoms with Crippen LogP contribution >= 0.6 is 11.6 Å². The lowest BCUT2D eigenvalue weighted by molar-refractivity contribution is 0.226. The summed E-state index contributed by atoms with van der Waals surface area (Å²) < 4.78 is 0. The maximum Gasteiger partial charge on any atom is 0.123 e. The first kappa shape index (κ1) is 15.4. The average Bonchev–Trinajstić information content (AvgIpc) is 2.33. The molecule has 0 N–H and O–H groups in total. The molecule has 0 amide bonds. The maximum absolute atomic E-state index is 6.31. The summed E-state index contributed by atoms with van der Waals surface area (Å²) in [5.74, 6) is 1.94. The maximum atomic E-state index is 6.31. The predicted molar refractivity (Wildman–Crippen MR) is 80.6 cm³/mol. The van der Waals surface area contributed by atoms with Crippen molar-refractivity contribution in [1.82, 2.24) is 9.80 Å². The molecule has 0 saturated heterocycles. The van der Waals surface area contributed by atoms with Gasteiger partial charge in [-0.1, -0.05) is 50.8 Å². The highest BCUT2D eigenvalue weighted by Crippen LogP contribution is 2.24. The van der Waals surface area contributed by atoms with E-state index in [0.29, 0.717) is 0 Å². The van der Waals surface area contributed by atoms with Gasteiger partial charge in [-0.05, 0) is 18.4 Å². The van der Waals surface area contributed by atoms with Crippen LogP contribution in [-0.4, -0.2) is 37.0 Å². The second-order valence-corrected chi connectivity index (χ2v) is 5.70. The van der Waals surface area contributed by atoms with Gasteiger partial charge >= 0.3 is 0 Å².